The SMILES string of the molecule is CC1(O)c2ccccc2C=CC1C(=O)NC1CC(C(=O)N2CCC2)N(CC2CCCCC2)C1. The summed E-state index contributed by atoms with van der Waals surface area (Å²) in [5.41, 5.74) is 0.470. The molecule has 3 fully saturated rings. The highest BCUT2D eigenvalue weighted by atomic mass is 16.3. The van der Waals surface area contributed by atoms with Crippen LogP contribution in [-0.4, -0.2) is 65.0 Å². The first-order valence-electron chi connectivity index (χ1n) is 12.8. The van der Waals surface area contributed by atoms with Gasteiger partial charge >= 0.3 is 0 Å². The molecule has 5 rings (SSSR count). The Morgan fingerprint density at radius 3 is 2.61 bits per heavy atom. The zero-order chi connectivity index (χ0) is 23.0. The molecule has 1 aromatic carbocycles. The Morgan fingerprint density at radius 1 is 1.12 bits per heavy atom. The molecule has 33 heavy (non-hydrogen) atoms. The normalized spacial score (nSPS) is 32.3. The molecule has 2 saturated heterocycles. The second-order valence-electron chi connectivity index (χ2n) is 10.7. The highest BCUT2D eigenvalue weighted by Gasteiger charge is 2.44. The van der Waals surface area contributed by atoms with E-state index < -0.39 is 11.5 Å². The van der Waals surface area contributed by atoms with Gasteiger partial charge in [-0.3, -0.25) is 14.5 Å². The first-order valence-corrected chi connectivity index (χ1v) is 12.8. The lowest BCUT2D eigenvalue weighted by Gasteiger charge is -2.37. The molecule has 2 aliphatic carbocycles. The summed E-state index contributed by atoms with van der Waals surface area (Å²) in [5.74, 6) is 0.0699. The van der Waals surface area contributed by atoms with E-state index in [9.17, 15) is 14.7 Å². The van der Waals surface area contributed by atoms with E-state index in [1.54, 1.807) is 6.92 Å². The van der Waals surface area contributed by atoms with E-state index in [1.165, 1.54) is 32.1 Å². The van der Waals surface area contributed by atoms with Crippen molar-refractivity contribution in [3.05, 3.63) is 41.5 Å². The van der Waals surface area contributed by atoms with Gasteiger partial charge in [0, 0.05) is 32.2 Å². The van der Waals surface area contributed by atoms with Crippen LogP contribution >= 0.6 is 0 Å². The Balaban J connectivity index is 1.28. The van der Waals surface area contributed by atoms with Crippen LogP contribution in [0.1, 0.15) is 63.0 Å². The highest BCUT2D eigenvalue weighted by molar-refractivity contribution is 5.86. The van der Waals surface area contributed by atoms with Gasteiger partial charge in [0.1, 0.15) is 5.60 Å². The Hall–Kier alpha value is -2.18. The molecule has 0 aromatic heterocycles. The lowest BCUT2D eigenvalue weighted by molar-refractivity contribution is -0.140. The maximum atomic E-state index is 13.3. The molecule has 6 heteroatoms. The first kappa shape index (κ1) is 22.6. The standard InChI is InChI=1S/C27H37N3O3/c1-27(33)22-11-6-5-10-20(22)12-13-23(27)25(31)28-21-16-24(26(32)29-14-7-15-29)30(18-21)17-19-8-3-2-4-9-19/h5-6,10-13,19,21,23-24,33H,2-4,7-9,14-18H2,1H3,(H,28,31). The Morgan fingerprint density at radius 2 is 1.88 bits per heavy atom. The van der Waals surface area contributed by atoms with Crippen molar-refractivity contribution in [3.8, 4) is 0 Å². The molecular formula is C27H37N3O3. The predicted octanol–water partition coefficient (Wildman–Crippen LogP) is 2.91. The smallest absolute Gasteiger partial charge is 0.240 e. The lowest BCUT2D eigenvalue weighted by atomic mass is 9.76. The number of rotatable bonds is 5. The van der Waals surface area contributed by atoms with Crippen molar-refractivity contribution in [2.45, 2.75) is 69.6 Å². The van der Waals surface area contributed by atoms with Crippen LogP contribution in [0.3, 0.4) is 0 Å². The minimum absolute atomic E-state index is 0.0716. The predicted molar refractivity (Wildman–Crippen MR) is 128 cm³/mol. The van der Waals surface area contributed by atoms with Crippen molar-refractivity contribution < 1.29 is 14.7 Å². The fourth-order valence-corrected chi connectivity index (χ4v) is 6.21. The molecule has 2 amide bonds. The third-order valence-electron chi connectivity index (χ3n) is 8.28. The monoisotopic (exact) mass is 451 g/mol. The zero-order valence-electron chi connectivity index (χ0n) is 19.7. The number of carbonyl (C=O) groups excluding carboxylic acids is 2. The number of hydrogen-bond donors (Lipinski definition) is 2. The molecule has 4 unspecified atom stereocenters. The van der Waals surface area contributed by atoms with Crippen molar-refractivity contribution in [2.24, 2.45) is 11.8 Å². The van der Waals surface area contributed by atoms with Crippen LogP contribution in [0.5, 0.6) is 0 Å². The quantitative estimate of drug-likeness (QED) is 0.722. The summed E-state index contributed by atoms with van der Waals surface area (Å²) in [6.07, 6.45) is 11.9. The maximum Gasteiger partial charge on any atom is 0.240 e. The van der Waals surface area contributed by atoms with Crippen LogP contribution in [-0.2, 0) is 15.2 Å². The van der Waals surface area contributed by atoms with Gasteiger partial charge in [-0.15, -0.1) is 0 Å². The number of likely N-dealkylation sites (tertiary alicyclic amines) is 2. The van der Waals surface area contributed by atoms with Crippen LogP contribution in [0.15, 0.2) is 30.3 Å². The molecule has 1 saturated carbocycles. The van der Waals surface area contributed by atoms with Crippen molar-refractivity contribution >= 4 is 17.9 Å². The summed E-state index contributed by atoms with van der Waals surface area (Å²) in [7, 11) is 0. The summed E-state index contributed by atoms with van der Waals surface area (Å²) >= 11 is 0. The van der Waals surface area contributed by atoms with Crippen LogP contribution < -0.4 is 5.32 Å². The number of benzene rings is 1. The molecule has 6 nitrogen and oxygen atoms in total. The van der Waals surface area contributed by atoms with Crippen LogP contribution in [0, 0.1) is 11.8 Å². The lowest BCUT2D eigenvalue weighted by Crippen LogP contribution is -2.51. The average molecular weight is 452 g/mol. The summed E-state index contributed by atoms with van der Waals surface area (Å²) < 4.78 is 0. The Labute approximate surface area is 197 Å². The number of amides is 2. The number of hydrogen-bond acceptors (Lipinski definition) is 4. The molecule has 4 aliphatic rings. The summed E-state index contributed by atoms with van der Waals surface area (Å²) in [6.45, 7) is 5.10. The van der Waals surface area contributed by atoms with Crippen LogP contribution in [0.25, 0.3) is 6.08 Å². The number of carbonyl (C=O) groups is 2. The fraction of sp³-hybridized carbons (Fsp3) is 0.630. The van der Waals surface area contributed by atoms with E-state index in [4.69, 9.17) is 0 Å². The number of aliphatic hydroxyl groups is 1. The van der Waals surface area contributed by atoms with Gasteiger partial charge in [-0.25, -0.2) is 0 Å². The molecule has 0 bridgehead atoms. The van der Waals surface area contributed by atoms with E-state index >= 15 is 0 Å². The third kappa shape index (κ3) is 4.47. The van der Waals surface area contributed by atoms with E-state index in [-0.39, 0.29) is 23.9 Å². The summed E-state index contributed by atoms with van der Waals surface area (Å²) in [4.78, 5) is 30.8. The fourth-order valence-electron chi connectivity index (χ4n) is 6.21. The van der Waals surface area contributed by atoms with Gasteiger partial charge in [0.15, 0.2) is 0 Å². The average Bonchev–Trinajstić information content (AvgIpc) is 3.15. The molecule has 4 atom stereocenters. The summed E-state index contributed by atoms with van der Waals surface area (Å²) in [5, 5.41) is 14.5. The van der Waals surface area contributed by atoms with E-state index in [0.717, 1.165) is 37.2 Å². The van der Waals surface area contributed by atoms with Gasteiger partial charge in [-0.1, -0.05) is 55.7 Å². The van der Waals surface area contributed by atoms with Crippen LogP contribution in [0.2, 0.25) is 0 Å². The second kappa shape index (κ2) is 9.22. The second-order valence-corrected chi connectivity index (χ2v) is 10.7. The van der Waals surface area contributed by atoms with Gasteiger partial charge < -0.3 is 15.3 Å². The third-order valence-corrected chi connectivity index (χ3v) is 8.28. The molecule has 178 valence electrons. The molecule has 2 heterocycles. The molecule has 1 aromatic rings. The van der Waals surface area contributed by atoms with Gasteiger partial charge in [-0.2, -0.15) is 0 Å². The van der Waals surface area contributed by atoms with E-state index in [1.807, 2.05) is 41.3 Å². The van der Waals surface area contributed by atoms with Crippen molar-refractivity contribution in [1.29, 1.82) is 0 Å². The maximum absolute atomic E-state index is 13.3. The minimum Gasteiger partial charge on any atom is -0.384 e. The van der Waals surface area contributed by atoms with Gasteiger partial charge in [0.25, 0.3) is 0 Å². The molecule has 0 spiro atoms. The number of fused-ring (bicyclic) bond motifs is 1. The Bertz CT molecular complexity index is 917. The number of nitrogens with zero attached hydrogens (tertiary/aromatic N) is 2. The van der Waals surface area contributed by atoms with Gasteiger partial charge in [-0.05, 0) is 49.7 Å². The molecule has 0 radical (unpaired) electrons. The van der Waals surface area contributed by atoms with E-state index in [2.05, 4.69) is 10.2 Å². The zero-order valence-corrected chi connectivity index (χ0v) is 19.7. The van der Waals surface area contributed by atoms with Gasteiger partial charge in [0.05, 0.1) is 12.0 Å². The molecular weight excluding hydrogens is 414 g/mol. The van der Waals surface area contributed by atoms with Crippen molar-refractivity contribution in [1.82, 2.24) is 15.1 Å². The van der Waals surface area contributed by atoms with Crippen molar-refractivity contribution in [3.63, 3.8) is 0 Å². The van der Waals surface area contributed by atoms with E-state index in [0.29, 0.717) is 18.9 Å². The minimum atomic E-state index is -1.26. The summed E-state index contributed by atoms with van der Waals surface area (Å²) in [6, 6.07) is 7.48. The van der Waals surface area contributed by atoms with Crippen LogP contribution in [0.4, 0.5) is 0 Å². The number of nitrogens with one attached hydrogen (secondary N) is 1. The topological polar surface area (TPSA) is 72.9 Å². The largest absolute Gasteiger partial charge is 0.384 e. The molecule has 2 N–H and O–H groups in total. The molecule has 2 aliphatic heterocycles. The Kier molecular flexibility index (Phi) is 6.32. The van der Waals surface area contributed by atoms with Crippen molar-refractivity contribution in [2.75, 3.05) is 26.2 Å². The first-order chi connectivity index (χ1) is 15.9. The highest BCUT2D eigenvalue weighted by Crippen LogP contribution is 2.38. The van der Waals surface area contributed by atoms with Gasteiger partial charge in [0.2, 0.25) is 11.8 Å².